The number of hydrogen-bond acceptors (Lipinski definition) is 25. The Morgan fingerprint density at radius 3 is 1.38 bits per heavy atom. The van der Waals surface area contributed by atoms with Crippen molar-refractivity contribution in [2.24, 2.45) is 28.9 Å². The molecule has 5 rings (SSSR count). The number of aliphatic carboxylic acids is 3. The van der Waals surface area contributed by atoms with Crippen molar-refractivity contribution in [3.8, 4) is 0 Å². The van der Waals surface area contributed by atoms with E-state index in [2.05, 4.69) is 115 Å². The zero-order chi connectivity index (χ0) is 95.0. The number of nitrogens with two attached hydrogens (primary N) is 4. The number of rotatable bonds is 57. The number of carboxylic acid groups (broad SMARTS) is 3. The van der Waals surface area contributed by atoms with Gasteiger partial charge in [-0.15, -0.1) is 0 Å². The molecule has 15 atom stereocenters. The van der Waals surface area contributed by atoms with Gasteiger partial charge in [-0.05, 0) is 140 Å². The second-order valence-electron chi connectivity index (χ2n) is 31.4. The third-order valence-corrected chi connectivity index (χ3v) is 21.5. The molecule has 3 heterocycles. The number of H-pyrrole nitrogens is 2. The van der Waals surface area contributed by atoms with Crippen LogP contribution in [0, 0.1) is 11.3 Å². The molecule has 1 aliphatic heterocycles. The molecule has 0 bridgehead atoms. The van der Waals surface area contributed by atoms with E-state index in [1.54, 1.807) is 74.8 Å². The summed E-state index contributed by atoms with van der Waals surface area (Å²) in [6, 6.07) is -8.59. The summed E-state index contributed by atoms with van der Waals surface area (Å²) in [6.07, 6.45) is 1.95. The molecule has 15 amide bonds. The van der Waals surface area contributed by atoms with Crippen LogP contribution in [0.2, 0.25) is 0 Å². The molecule has 30 N–H and O–H groups in total. The Balaban J connectivity index is 1.37. The molecule has 1 saturated heterocycles. The third-order valence-electron chi connectivity index (χ3n) is 20.8. The zero-order valence-electron chi connectivity index (χ0n) is 72.0. The fourth-order valence-corrected chi connectivity index (χ4v) is 14.2. The molecule has 0 aliphatic carbocycles. The van der Waals surface area contributed by atoms with E-state index in [4.69, 9.17) is 28.3 Å². The number of fused-ring (bicyclic) bond motifs is 2. The second kappa shape index (κ2) is 54.1. The number of carbonyl (C=O) groups is 18. The van der Waals surface area contributed by atoms with Gasteiger partial charge < -0.3 is 138 Å². The van der Waals surface area contributed by atoms with Gasteiger partial charge >= 0.3 is 17.9 Å². The SMILES string of the molecule is CC(C)C[C@@H](NC(=O)[C@@H](Cc1c[nH]c2ccccc12)NC(=O)[C@@H](CCCNC(=N)N)NC(=O)[C@@H](Cc1c[nH]c2ccccc12)NC(=O)[C@@H](CCC(=O)O)NC(=O)[C@H]1CCCN1C(=O)[C@@H](CO)NC(=O)[C@@H](CCC(=O)O)NC(=O)[C@H](CS)NC(=O)[C@@H](C)NC(=O)CNC(=O)[C@@H](CCCCN)NC(=O)[C@H](N)CCCCN)C(=O)N[C@@H](CS)C(=O)N[C@H](C)C(=O)N[C@H](C)C(=O)O. The molecule has 2 aromatic carbocycles. The molecule has 128 heavy (non-hydrogen) atoms. The highest BCUT2D eigenvalue weighted by Gasteiger charge is 2.42. The lowest BCUT2D eigenvalue weighted by Crippen LogP contribution is -2.61. The van der Waals surface area contributed by atoms with Crippen molar-refractivity contribution in [2.45, 2.75) is 234 Å². The van der Waals surface area contributed by atoms with E-state index in [1.807, 2.05) is 0 Å². The van der Waals surface area contributed by atoms with Crippen molar-refractivity contribution in [3.05, 3.63) is 72.1 Å². The minimum absolute atomic E-state index is 0.00338. The van der Waals surface area contributed by atoms with E-state index in [-0.39, 0.29) is 76.1 Å². The molecule has 2 aromatic heterocycles. The first-order valence-electron chi connectivity index (χ1n) is 42.1. The van der Waals surface area contributed by atoms with Gasteiger partial charge in [0.1, 0.15) is 84.6 Å². The van der Waals surface area contributed by atoms with Crippen LogP contribution < -0.4 is 103 Å². The predicted octanol–water partition coefficient (Wildman–Crippen LogP) is -5.54. The lowest BCUT2D eigenvalue weighted by atomic mass is 9.99. The van der Waals surface area contributed by atoms with Crippen LogP contribution in [-0.2, 0) is 99.1 Å². The number of carboxylic acids is 3. The molecule has 0 radical (unpaired) electrons. The Kier molecular flexibility index (Phi) is 44.9. The zero-order valence-corrected chi connectivity index (χ0v) is 73.8. The maximum atomic E-state index is 15.3. The normalized spacial score (nSPS) is 15.7. The van der Waals surface area contributed by atoms with Gasteiger partial charge in [0.05, 0.1) is 19.2 Å². The van der Waals surface area contributed by atoms with E-state index in [0.29, 0.717) is 78.1 Å². The number of likely N-dealkylation sites (tertiary alicyclic amines) is 1. The molecule has 0 spiro atoms. The molecule has 706 valence electrons. The minimum Gasteiger partial charge on any atom is -0.481 e. The van der Waals surface area contributed by atoms with Crippen LogP contribution in [0.1, 0.15) is 142 Å². The Morgan fingerprint density at radius 2 is 0.875 bits per heavy atom. The van der Waals surface area contributed by atoms with Crippen LogP contribution >= 0.6 is 25.3 Å². The Labute approximate surface area is 748 Å². The quantitative estimate of drug-likeness (QED) is 0.00848. The van der Waals surface area contributed by atoms with Crippen molar-refractivity contribution in [3.63, 3.8) is 0 Å². The third kappa shape index (κ3) is 34.9. The van der Waals surface area contributed by atoms with Crippen LogP contribution in [0.4, 0.5) is 0 Å². The van der Waals surface area contributed by atoms with Crippen LogP contribution in [0.3, 0.4) is 0 Å². The van der Waals surface area contributed by atoms with Gasteiger partial charge in [-0.1, -0.05) is 56.7 Å². The van der Waals surface area contributed by atoms with Gasteiger partial charge in [0.2, 0.25) is 88.6 Å². The standard InChI is InChI=1S/C81H123N23O22S2/c1-41(2)32-56(73(118)103-60(39-127)76(121)92-43(4)66(111)93-44(5)80(125)126)98-75(120)58(34-46-36-89-51-20-9-7-17-48(46)51)99-70(115)53(22-14-30-87-81(85)86)95-74(119)57(33-45-35-88-50-19-8-6-16-47(45)50)100-71(116)55(25-27-65(109)110)97-78(123)62-23-15-31-104(62)79(124)59(38-105)101-72(117)54(24-26-64(107)108)96-77(122)61(40-128)102-67(112)42(3)91-63(106)37-90-69(114)52(21-11-13-29-83)94-68(113)49(84)18-10-12-28-82/h6-9,16-17,19-20,35-36,41-44,49,52-62,88-89,105,127-128H,10-15,18,21-34,37-40,82-84H2,1-5H3,(H,90,114)(H,91,106)(H,92,121)(H,93,111)(H,94,113)(H,95,119)(H,96,122)(H,97,123)(H,98,120)(H,99,115)(H,100,116)(H,101,117)(H,102,112)(H,103,118)(H,107,108)(H,109,110)(H,125,126)(H4,85,86,87)/t42-,43-,44-,49-,52-,53-,54-,55-,56-,57-,58-,59-,60+,61+,62-/m1/s1. The fraction of sp³-hybridized carbons (Fsp3) is 0.568. The van der Waals surface area contributed by atoms with Gasteiger partial charge in [-0.25, -0.2) is 0 Å². The number of guanidine groups is 1. The first-order chi connectivity index (χ1) is 60.7. The molecule has 0 unspecified atom stereocenters. The summed E-state index contributed by atoms with van der Waals surface area (Å²) in [7, 11) is 0. The van der Waals surface area contributed by atoms with E-state index in [0.717, 1.165) is 4.90 Å². The molecule has 1 aliphatic rings. The number of nitrogens with one attached hydrogen (secondary N) is 18. The first-order valence-corrected chi connectivity index (χ1v) is 43.4. The minimum atomic E-state index is -1.92. The first kappa shape index (κ1) is 106. The highest BCUT2D eigenvalue weighted by molar-refractivity contribution is 7.80. The summed E-state index contributed by atoms with van der Waals surface area (Å²) in [5.41, 5.74) is 25.0. The number of aliphatic hydroxyl groups is 1. The molecule has 45 nitrogen and oxygen atoms in total. The van der Waals surface area contributed by atoms with E-state index in [9.17, 15) is 87.5 Å². The summed E-state index contributed by atoms with van der Waals surface area (Å²) in [6.45, 7) is 5.82. The smallest absolute Gasteiger partial charge is 0.325 e. The highest BCUT2D eigenvalue weighted by atomic mass is 32.1. The summed E-state index contributed by atoms with van der Waals surface area (Å²) in [5.74, 6) is -20.2. The number of aliphatic hydroxyl groups excluding tert-OH is 1. The molecular formula is C81H123N23O22S2. The number of unbranched alkanes of at least 4 members (excludes halogenated alkanes) is 2. The van der Waals surface area contributed by atoms with E-state index in [1.165, 1.54) is 20.8 Å². The Bertz CT molecular complexity index is 4530. The number of carbonyl (C=O) groups excluding carboxylic acids is 15. The number of nitrogens with zero attached hydrogens (tertiary/aromatic N) is 1. The maximum absolute atomic E-state index is 15.3. The largest absolute Gasteiger partial charge is 0.481 e. The summed E-state index contributed by atoms with van der Waals surface area (Å²) in [4.78, 5) is 254. The van der Waals surface area contributed by atoms with Crippen molar-refractivity contribution >= 4 is 160 Å². The van der Waals surface area contributed by atoms with Crippen molar-refractivity contribution in [2.75, 3.05) is 50.8 Å². The lowest BCUT2D eigenvalue weighted by molar-refractivity contribution is -0.144. The van der Waals surface area contributed by atoms with Crippen molar-refractivity contribution in [1.82, 2.24) is 94.6 Å². The highest BCUT2D eigenvalue weighted by Crippen LogP contribution is 2.24. The molecule has 1 fully saturated rings. The average Bonchev–Trinajstić information content (AvgIpc) is 1.49. The monoisotopic (exact) mass is 1830 g/mol. The predicted molar refractivity (Wildman–Crippen MR) is 472 cm³/mol. The van der Waals surface area contributed by atoms with Gasteiger partial charge in [0, 0.05) is 84.5 Å². The summed E-state index contributed by atoms with van der Waals surface area (Å²) < 4.78 is 0. The number of aromatic amines is 2. The summed E-state index contributed by atoms with van der Waals surface area (Å²) >= 11 is 8.42. The van der Waals surface area contributed by atoms with Gasteiger partial charge in [-0.3, -0.25) is 91.7 Å². The molecule has 47 heteroatoms. The van der Waals surface area contributed by atoms with Crippen LogP contribution in [0.5, 0.6) is 0 Å². The fourth-order valence-electron chi connectivity index (χ4n) is 13.7. The van der Waals surface area contributed by atoms with Gasteiger partial charge in [0.25, 0.3) is 0 Å². The number of aromatic nitrogens is 2. The topological polar surface area (TPSA) is 731 Å². The molecule has 0 saturated carbocycles. The van der Waals surface area contributed by atoms with E-state index < -0.39 is 248 Å². The van der Waals surface area contributed by atoms with Gasteiger partial charge in [-0.2, -0.15) is 25.3 Å². The lowest BCUT2D eigenvalue weighted by Gasteiger charge is -2.30. The van der Waals surface area contributed by atoms with Crippen LogP contribution in [0.15, 0.2) is 60.9 Å². The number of benzene rings is 2. The van der Waals surface area contributed by atoms with Crippen LogP contribution in [-0.4, -0.2) is 289 Å². The summed E-state index contributed by atoms with van der Waals surface area (Å²) in [5, 5.41) is 86.1. The average molecular weight is 1840 g/mol. The number of thiol groups is 2. The Hall–Kier alpha value is -12.2. The van der Waals surface area contributed by atoms with Crippen molar-refractivity contribution < 1.29 is 107 Å². The second-order valence-corrected chi connectivity index (χ2v) is 32.2. The number of para-hydroxylation sites is 2. The van der Waals surface area contributed by atoms with Crippen LogP contribution in [0.25, 0.3) is 21.8 Å². The Morgan fingerprint density at radius 1 is 0.469 bits per heavy atom. The van der Waals surface area contributed by atoms with Gasteiger partial charge in [0.15, 0.2) is 5.96 Å². The van der Waals surface area contributed by atoms with E-state index >= 15 is 19.2 Å². The number of hydrogen-bond donors (Lipinski definition) is 28. The van der Waals surface area contributed by atoms with Crippen molar-refractivity contribution in [1.29, 1.82) is 5.41 Å². The molecular weight excluding hydrogens is 1710 g/mol. The maximum Gasteiger partial charge on any atom is 0.325 e. The molecule has 4 aromatic rings. The number of amides is 15.